The van der Waals surface area contributed by atoms with Crippen LogP contribution in [0.15, 0.2) is 29.3 Å². The van der Waals surface area contributed by atoms with E-state index in [1.807, 2.05) is 37.1 Å². The van der Waals surface area contributed by atoms with Gasteiger partial charge in [0, 0.05) is 32.4 Å². The summed E-state index contributed by atoms with van der Waals surface area (Å²) in [5.41, 5.74) is 2.29. The summed E-state index contributed by atoms with van der Waals surface area (Å²) in [4.78, 5) is 21.0. The molecule has 1 aromatic carbocycles. The quantitative estimate of drug-likeness (QED) is 0.647. The molecule has 0 aliphatic carbocycles. The van der Waals surface area contributed by atoms with Gasteiger partial charge in [0.15, 0.2) is 5.96 Å². The van der Waals surface area contributed by atoms with E-state index in [9.17, 15) is 4.79 Å². The molecule has 5 nitrogen and oxygen atoms in total. The Hall–Kier alpha value is -2.04. The Balaban J connectivity index is 2.00. The van der Waals surface area contributed by atoms with Gasteiger partial charge in [0.05, 0.1) is 0 Å². The van der Waals surface area contributed by atoms with Gasteiger partial charge in [0.1, 0.15) is 6.54 Å². The molecule has 1 heterocycles. The van der Waals surface area contributed by atoms with Crippen molar-refractivity contribution in [1.82, 2.24) is 10.2 Å². The molecule has 1 aliphatic rings. The predicted molar refractivity (Wildman–Crippen MR) is 96.0 cm³/mol. The Bertz CT molecular complexity index is 556. The Kier molecular flexibility index (Phi) is 6.44. The fraction of sp³-hybridized carbons (Fsp3) is 0.556. The van der Waals surface area contributed by atoms with Gasteiger partial charge in [0.25, 0.3) is 0 Å². The number of para-hydroxylation sites is 1. The Morgan fingerprint density at radius 2 is 2.13 bits per heavy atom. The lowest BCUT2D eigenvalue weighted by atomic mass is 10.2. The van der Waals surface area contributed by atoms with Gasteiger partial charge in [-0.25, -0.2) is 4.99 Å². The summed E-state index contributed by atoms with van der Waals surface area (Å²) < 4.78 is 0. The second-order valence-electron chi connectivity index (χ2n) is 5.87. The van der Waals surface area contributed by atoms with Crippen molar-refractivity contribution in [2.24, 2.45) is 4.99 Å². The molecule has 0 spiro atoms. The summed E-state index contributed by atoms with van der Waals surface area (Å²) >= 11 is 0. The second-order valence-corrected chi connectivity index (χ2v) is 5.87. The number of nitrogens with zero attached hydrogens (tertiary/aromatic N) is 3. The van der Waals surface area contributed by atoms with Crippen LogP contribution in [0.5, 0.6) is 0 Å². The standard InChI is InChI=1S/C18H28N4O/c1-4-6-12-21(3)18(19-5-2)20-14-17(23)22-13-11-15-9-7-8-10-16(15)22/h7-10H,4-6,11-14H2,1-3H3,(H,19,20). The maximum Gasteiger partial charge on any atom is 0.248 e. The van der Waals surface area contributed by atoms with Crippen molar-refractivity contribution in [2.45, 2.75) is 33.1 Å². The van der Waals surface area contributed by atoms with Crippen molar-refractivity contribution < 1.29 is 4.79 Å². The highest BCUT2D eigenvalue weighted by Gasteiger charge is 2.23. The molecular weight excluding hydrogens is 288 g/mol. The van der Waals surface area contributed by atoms with E-state index in [4.69, 9.17) is 0 Å². The molecule has 0 bridgehead atoms. The fourth-order valence-corrected chi connectivity index (χ4v) is 2.80. The highest BCUT2D eigenvalue weighted by molar-refractivity contribution is 5.98. The van der Waals surface area contributed by atoms with Gasteiger partial charge in [0.2, 0.25) is 5.91 Å². The number of hydrogen-bond donors (Lipinski definition) is 1. The van der Waals surface area contributed by atoms with Crippen LogP contribution in [0, 0.1) is 0 Å². The number of rotatable bonds is 6. The molecule has 0 aromatic heterocycles. The highest BCUT2D eigenvalue weighted by Crippen LogP contribution is 2.27. The minimum absolute atomic E-state index is 0.0641. The molecular formula is C18H28N4O. The lowest BCUT2D eigenvalue weighted by molar-refractivity contribution is -0.117. The Morgan fingerprint density at radius 3 is 2.87 bits per heavy atom. The number of hydrogen-bond acceptors (Lipinski definition) is 2. The largest absolute Gasteiger partial charge is 0.357 e. The Labute approximate surface area is 139 Å². The van der Waals surface area contributed by atoms with Crippen molar-refractivity contribution in [3.05, 3.63) is 29.8 Å². The van der Waals surface area contributed by atoms with Crippen molar-refractivity contribution in [3.63, 3.8) is 0 Å². The van der Waals surface area contributed by atoms with Gasteiger partial charge in [-0.15, -0.1) is 0 Å². The number of anilines is 1. The summed E-state index contributed by atoms with van der Waals surface area (Å²) in [5, 5.41) is 3.26. The molecule has 1 amide bonds. The van der Waals surface area contributed by atoms with Crippen LogP contribution in [0.3, 0.4) is 0 Å². The maximum absolute atomic E-state index is 12.5. The van der Waals surface area contributed by atoms with Crippen LogP contribution in [0.2, 0.25) is 0 Å². The number of guanidine groups is 1. The maximum atomic E-state index is 12.5. The molecule has 5 heteroatoms. The molecule has 1 N–H and O–H groups in total. The second kappa shape index (κ2) is 8.56. The van der Waals surface area contributed by atoms with Gasteiger partial charge >= 0.3 is 0 Å². The molecule has 23 heavy (non-hydrogen) atoms. The predicted octanol–water partition coefficient (Wildman–Crippen LogP) is 2.27. The number of amides is 1. The minimum Gasteiger partial charge on any atom is -0.357 e. The molecule has 0 saturated carbocycles. The Morgan fingerprint density at radius 1 is 1.35 bits per heavy atom. The van der Waals surface area contributed by atoms with E-state index in [2.05, 4.69) is 28.2 Å². The first kappa shape index (κ1) is 17.3. The lowest BCUT2D eigenvalue weighted by Crippen LogP contribution is -2.40. The van der Waals surface area contributed by atoms with E-state index in [1.165, 1.54) is 5.56 Å². The number of benzene rings is 1. The van der Waals surface area contributed by atoms with E-state index in [0.29, 0.717) is 0 Å². The SMILES string of the molecule is CCCCN(C)C(=NCC(=O)N1CCc2ccccc21)NCC. The van der Waals surface area contributed by atoms with Crippen LogP contribution in [0.25, 0.3) is 0 Å². The first-order valence-electron chi connectivity index (χ1n) is 8.55. The molecule has 0 saturated heterocycles. The summed E-state index contributed by atoms with van der Waals surface area (Å²) in [6.07, 6.45) is 3.20. The van der Waals surface area contributed by atoms with Crippen molar-refractivity contribution in [2.75, 3.05) is 38.1 Å². The van der Waals surface area contributed by atoms with Gasteiger partial charge in [-0.3, -0.25) is 4.79 Å². The van der Waals surface area contributed by atoms with E-state index in [-0.39, 0.29) is 12.5 Å². The van der Waals surface area contributed by atoms with Gasteiger partial charge in [-0.1, -0.05) is 31.5 Å². The lowest BCUT2D eigenvalue weighted by Gasteiger charge is -2.22. The molecule has 0 atom stereocenters. The molecule has 0 unspecified atom stereocenters. The summed E-state index contributed by atoms with van der Waals surface area (Å²) in [6.45, 7) is 6.91. The van der Waals surface area contributed by atoms with Crippen molar-refractivity contribution >= 4 is 17.6 Å². The van der Waals surface area contributed by atoms with Crippen LogP contribution in [-0.4, -0.2) is 50.0 Å². The first-order valence-corrected chi connectivity index (χ1v) is 8.55. The van der Waals surface area contributed by atoms with Gasteiger partial charge in [-0.05, 0) is 31.4 Å². The number of carbonyl (C=O) groups excluding carboxylic acids is 1. The van der Waals surface area contributed by atoms with Crippen LogP contribution >= 0.6 is 0 Å². The molecule has 2 rings (SSSR count). The zero-order valence-corrected chi connectivity index (χ0v) is 14.5. The first-order chi connectivity index (χ1) is 11.2. The molecule has 0 radical (unpaired) electrons. The third-order valence-corrected chi connectivity index (χ3v) is 4.10. The monoisotopic (exact) mass is 316 g/mol. The number of aliphatic imine (C=N–C) groups is 1. The third kappa shape index (κ3) is 4.47. The summed E-state index contributed by atoms with van der Waals surface area (Å²) in [6, 6.07) is 8.12. The fourth-order valence-electron chi connectivity index (χ4n) is 2.80. The number of fused-ring (bicyclic) bond motifs is 1. The average Bonchev–Trinajstić information content (AvgIpc) is 3.00. The van der Waals surface area contributed by atoms with Gasteiger partial charge in [-0.2, -0.15) is 0 Å². The van der Waals surface area contributed by atoms with Crippen molar-refractivity contribution in [1.29, 1.82) is 0 Å². The highest BCUT2D eigenvalue weighted by atomic mass is 16.2. The number of unbranched alkanes of at least 4 members (excludes halogenated alkanes) is 1. The zero-order chi connectivity index (χ0) is 16.7. The van der Waals surface area contributed by atoms with E-state index in [1.54, 1.807) is 0 Å². The van der Waals surface area contributed by atoms with Crippen LogP contribution in [0.1, 0.15) is 32.3 Å². The molecule has 1 aliphatic heterocycles. The van der Waals surface area contributed by atoms with Crippen LogP contribution < -0.4 is 10.2 Å². The van der Waals surface area contributed by atoms with E-state index < -0.39 is 0 Å². The van der Waals surface area contributed by atoms with Gasteiger partial charge < -0.3 is 15.1 Å². The molecule has 0 fully saturated rings. The normalized spacial score (nSPS) is 13.9. The third-order valence-electron chi connectivity index (χ3n) is 4.10. The zero-order valence-electron chi connectivity index (χ0n) is 14.5. The van der Waals surface area contributed by atoms with E-state index in [0.717, 1.165) is 50.5 Å². The topological polar surface area (TPSA) is 47.9 Å². The molecule has 126 valence electrons. The van der Waals surface area contributed by atoms with Crippen LogP contribution in [-0.2, 0) is 11.2 Å². The number of nitrogens with one attached hydrogen (secondary N) is 1. The summed E-state index contributed by atoms with van der Waals surface area (Å²) in [7, 11) is 2.02. The van der Waals surface area contributed by atoms with Crippen molar-refractivity contribution in [3.8, 4) is 0 Å². The average molecular weight is 316 g/mol. The smallest absolute Gasteiger partial charge is 0.248 e. The summed E-state index contributed by atoms with van der Waals surface area (Å²) in [5.74, 6) is 0.871. The number of carbonyl (C=O) groups is 1. The molecule has 1 aromatic rings. The van der Waals surface area contributed by atoms with Crippen LogP contribution in [0.4, 0.5) is 5.69 Å². The van der Waals surface area contributed by atoms with E-state index >= 15 is 0 Å². The minimum atomic E-state index is 0.0641.